The normalized spacial score (nSPS) is 11.6. The third-order valence-electron chi connectivity index (χ3n) is 3.19. The summed E-state index contributed by atoms with van der Waals surface area (Å²) in [4.78, 5) is 17.2. The van der Waals surface area contributed by atoms with Gasteiger partial charge in [0.15, 0.2) is 4.80 Å². The summed E-state index contributed by atoms with van der Waals surface area (Å²) in [6, 6.07) is 12.5. The minimum Gasteiger partial charge on any atom is -0.305 e. The molecule has 0 atom stereocenters. The average Bonchev–Trinajstić information content (AvgIpc) is 2.88. The van der Waals surface area contributed by atoms with Gasteiger partial charge in [0.2, 0.25) is 0 Å². The fraction of sp³-hybridized carbons (Fsp3) is 0.0588. The smallest absolute Gasteiger partial charge is 0.281 e. The number of hydrogen-bond donors (Lipinski definition) is 0. The van der Waals surface area contributed by atoms with Gasteiger partial charge in [0.25, 0.3) is 5.91 Å². The first kappa shape index (κ1) is 15.8. The number of fused-ring (bicyclic) bond motifs is 1. The number of halogens is 2. The van der Waals surface area contributed by atoms with Gasteiger partial charge in [-0.3, -0.25) is 4.79 Å². The summed E-state index contributed by atoms with van der Waals surface area (Å²) in [5.41, 5.74) is 1.21. The molecule has 0 aliphatic rings. The standard InChI is InChI=1S/C17H10Cl2N2OS/c1-2-9-21-14-5-3-4-6-15(14)23-17(21)20-16(22)12-10-11(18)7-8-13(12)19/h1,3-8,10H,9H2. The van der Waals surface area contributed by atoms with E-state index in [1.54, 1.807) is 12.1 Å². The third-order valence-corrected chi connectivity index (χ3v) is 4.82. The predicted molar refractivity (Wildman–Crippen MR) is 95.0 cm³/mol. The molecule has 0 saturated carbocycles. The number of aromatic nitrogens is 1. The molecule has 1 amide bonds. The zero-order valence-electron chi connectivity index (χ0n) is 11.8. The van der Waals surface area contributed by atoms with Crippen molar-refractivity contribution in [3.63, 3.8) is 0 Å². The van der Waals surface area contributed by atoms with Crippen molar-refractivity contribution in [2.45, 2.75) is 6.54 Å². The van der Waals surface area contributed by atoms with Crippen LogP contribution in [0.25, 0.3) is 10.2 Å². The minimum absolute atomic E-state index is 0.267. The molecule has 0 aliphatic carbocycles. The van der Waals surface area contributed by atoms with Crippen LogP contribution in [-0.2, 0) is 6.54 Å². The van der Waals surface area contributed by atoms with Gasteiger partial charge in [0.1, 0.15) is 0 Å². The number of hydrogen-bond acceptors (Lipinski definition) is 2. The Morgan fingerprint density at radius 1 is 1.26 bits per heavy atom. The van der Waals surface area contributed by atoms with E-state index in [0.717, 1.165) is 10.2 Å². The molecule has 0 saturated heterocycles. The summed E-state index contributed by atoms with van der Waals surface area (Å²) in [7, 11) is 0. The van der Waals surface area contributed by atoms with Crippen LogP contribution < -0.4 is 4.80 Å². The maximum atomic E-state index is 12.5. The Labute approximate surface area is 146 Å². The zero-order chi connectivity index (χ0) is 16.4. The van der Waals surface area contributed by atoms with Gasteiger partial charge < -0.3 is 4.57 Å². The number of carbonyl (C=O) groups excluding carboxylic acids is 1. The second kappa shape index (κ2) is 6.59. The number of terminal acetylenes is 1. The lowest BCUT2D eigenvalue weighted by Gasteiger charge is -2.01. The highest BCUT2D eigenvalue weighted by atomic mass is 35.5. The van der Waals surface area contributed by atoms with Crippen molar-refractivity contribution < 1.29 is 4.79 Å². The van der Waals surface area contributed by atoms with E-state index < -0.39 is 5.91 Å². The summed E-state index contributed by atoms with van der Waals surface area (Å²) >= 11 is 13.4. The van der Waals surface area contributed by atoms with Gasteiger partial charge in [-0.2, -0.15) is 4.99 Å². The van der Waals surface area contributed by atoms with E-state index in [9.17, 15) is 4.79 Å². The number of rotatable bonds is 2. The van der Waals surface area contributed by atoms with Crippen molar-refractivity contribution >= 4 is 50.7 Å². The SMILES string of the molecule is C#CCn1c(=NC(=O)c2cc(Cl)ccc2Cl)sc2ccccc21. The molecule has 6 heteroatoms. The lowest BCUT2D eigenvalue weighted by atomic mass is 10.2. The monoisotopic (exact) mass is 360 g/mol. The topological polar surface area (TPSA) is 34.4 Å². The summed E-state index contributed by atoms with van der Waals surface area (Å²) in [6.45, 7) is 0.333. The van der Waals surface area contributed by atoms with Gasteiger partial charge in [0, 0.05) is 5.02 Å². The first-order chi connectivity index (χ1) is 11.1. The molecule has 0 N–H and O–H groups in total. The van der Waals surface area contributed by atoms with Gasteiger partial charge in [-0.15, -0.1) is 6.42 Å². The van der Waals surface area contributed by atoms with Crippen molar-refractivity contribution in [1.82, 2.24) is 4.57 Å². The summed E-state index contributed by atoms with van der Waals surface area (Å²) in [6.07, 6.45) is 5.43. The Morgan fingerprint density at radius 2 is 2.04 bits per heavy atom. The highest BCUT2D eigenvalue weighted by molar-refractivity contribution is 7.16. The lowest BCUT2D eigenvalue weighted by Crippen LogP contribution is -2.16. The lowest BCUT2D eigenvalue weighted by molar-refractivity contribution is 0.0998. The molecule has 1 heterocycles. The van der Waals surface area contributed by atoms with Crippen LogP contribution in [0.2, 0.25) is 10.0 Å². The minimum atomic E-state index is -0.449. The summed E-state index contributed by atoms with van der Waals surface area (Å²) in [5.74, 6) is 2.14. The van der Waals surface area contributed by atoms with E-state index in [4.69, 9.17) is 29.6 Å². The molecule has 0 aliphatic heterocycles. The van der Waals surface area contributed by atoms with Crippen LogP contribution in [0.15, 0.2) is 47.5 Å². The van der Waals surface area contributed by atoms with Crippen LogP contribution >= 0.6 is 34.5 Å². The van der Waals surface area contributed by atoms with Crippen molar-refractivity contribution in [3.05, 3.63) is 62.9 Å². The van der Waals surface area contributed by atoms with Gasteiger partial charge >= 0.3 is 0 Å². The van der Waals surface area contributed by atoms with Crippen molar-refractivity contribution in [2.24, 2.45) is 4.99 Å². The molecule has 0 unspecified atom stereocenters. The molecule has 23 heavy (non-hydrogen) atoms. The molecule has 114 valence electrons. The Morgan fingerprint density at radius 3 is 2.83 bits per heavy atom. The van der Waals surface area contributed by atoms with Crippen LogP contribution in [-0.4, -0.2) is 10.5 Å². The fourth-order valence-electron chi connectivity index (χ4n) is 2.16. The van der Waals surface area contributed by atoms with E-state index in [1.165, 1.54) is 17.4 Å². The fourth-order valence-corrected chi connectivity index (χ4v) is 3.56. The first-order valence-electron chi connectivity index (χ1n) is 6.66. The molecule has 0 radical (unpaired) electrons. The molecule has 3 nitrogen and oxygen atoms in total. The maximum Gasteiger partial charge on any atom is 0.281 e. The molecular weight excluding hydrogens is 351 g/mol. The van der Waals surface area contributed by atoms with Crippen LogP contribution in [0.5, 0.6) is 0 Å². The number of thiazole rings is 1. The number of benzene rings is 2. The highest BCUT2D eigenvalue weighted by Gasteiger charge is 2.12. The van der Waals surface area contributed by atoms with Crippen molar-refractivity contribution in [2.75, 3.05) is 0 Å². The maximum absolute atomic E-state index is 12.5. The molecule has 0 fully saturated rings. The zero-order valence-corrected chi connectivity index (χ0v) is 14.1. The van der Waals surface area contributed by atoms with E-state index in [1.807, 2.05) is 28.8 Å². The van der Waals surface area contributed by atoms with Crippen molar-refractivity contribution in [1.29, 1.82) is 0 Å². The third kappa shape index (κ3) is 3.18. The Kier molecular flexibility index (Phi) is 4.53. The Balaban J connectivity index is 2.17. The van der Waals surface area contributed by atoms with Crippen LogP contribution in [0, 0.1) is 12.3 Å². The largest absolute Gasteiger partial charge is 0.305 e. The van der Waals surface area contributed by atoms with E-state index in [0.29, 0.717) is 21.4 Å². The van der Waals surface area contributed by atoms with E-state index in [2.05, 4.69) is 10.9 Å². The molecule has 2 aromatic carbocycles. The number of amides is 1. The van der Waals surface area contributed by atoms with Crippen LogP contribution in [0.1, 0.15) is 10.4 Å². The molecule has 3 aromatic rings. The summed E-state index contributed by atoms with van der Waals surface area (Å²) in [5, 5.41) is 0.744. The quantitative estimate of drug-likeness (QED) is 0.624. The number of nitrogens with zero attached hydrogens (tertiary/aromatic N) is 2. The second-order valence-electron chi connectivity index (χ2n) is 4.68. The molecule has 3 rings (SSSR count). The van der Waals surface area contributed by atoms with Gasteiger partial charge in [-0.25, -0.2) is 0 Å². The number of carbonyl (C=O) groups is 1. The molecule has 1 aromatic heterocycles. The van der Waals surface area contributed by atoms with Gasteiger partial charge in [0.05, 0.1) is 27.3 Å². The van der Waals surface area contributed by atoms with Gasteiger partial charge in [-0.1, -0.05) is 52.6 Å². The molecule has 0 bridgehead atoms. The molecular formula is C17H10Cl2N2OS. The van der Waals surface area contributed by atoms with Crippen LogP contribution in [0.4, 0.5) is 0 Å². The van der Waals surface area contributed by atoms with Gasteiger partial charge in [-0.05, 0) is 30.3 Å². The summed E-state index contributed by atoms with van der Waals surface area (Å²) < 4.78 is 2.84. The first-order valence-corrected chi connectivity index (χ1v) is 8.23. The molecule has 0 spiro atoms. The predicted octanol–water partition coefficient (Wildman–Crippen LogP) is 4.38. The van der Waals surface area contributed by atoms with E-state index >= 15 is 0 Å². The Bertz CT molecular complexity index is 1010. The average molecular weight is 361 g/mol. The van der Waals surface area contributed by atoms with Crippen LogP contribution in [0.3, 0.4) is 0 Å². The van der Waals surface area contributed by atoms with E-state index in [-0.39, 0.29) is 5.56 Å². The second-order valence-corrected chi connectivity index (χ2v) is 6.54. The van der Waals surface area contributed by atoms with Crippen molar-refractivity contribution in [3.8, 4) is 12.3 Å². The highest BCUT2D eigenvalue weighted by Crippen LogP contribution is 2.22. The Hall–Kier alpha value is -2.06. The number of para-hydroxylation sites is 1.